The summed E-state index contributed by atoms with van der Waals surface area (Å²) >= 11 is 0. The van der Waals surface area contributed by atoms with E-state index >= 15 is 0 Å². The molecule has 0 saturated heterocycles. The number of ether oxygens (including phenoxy) is 2. The van der Waals surface area contributed by atoms with E-state index in [-0.39, 0.29) is 12.1 Å². The fourth-order valence-corrected chi connectivity index (χ4v) is 1.30. The van der Waals surface area contributed by atoms with Gasteiger partial charge in [0.25, 0.3) is 0 Å². The SMILES string of the molecule is COC(=O)c1ccc(CN)c(C(=O)OC)c1. The van der Waals surface area contributed by atoms with Crippen molar-refractivity contribution in [1.82, 2.24) is 0 Å². The summed E-state index contributed by atoms with van der Waals surface area (Å²) in [5, 5.41) is 0. The lowest BCUT2D eigenvalue weighted by molar-refractivity contribution is 0.0598. The number of benzene rings is 1. The summed E-state index contributed by atoms with van der Waals surface area (Å²) in [5.74, 6) is -1.03. The Kier molecular flexibility index (Phi) is 4.02. The standard InChI is InChI=1S/C11H13NO4/c1-15-10(13)7-3-4-8(6-12)9(5-7)11(14)16-2/h3-5H,6,12H2,1-2H3. The molecule has 0 aliphatic rings. The van der Waals surface area contributed by atoms with Crippen LogP contribution in [0.25, 0.3) is 0 Å². The van der Waals surface area contributed by atoms with E-state index in [1.807, 2.05) is 0 Å². The second kappa shape index (κ2) is 5.27. The third kappa shape index (κ3) is 2.38. The highest BCUT2D eigenvalue weighted by Crippen LogP contribution is 2.13. The summed E-state index contributed by atoms with van der Waals surface area (Å²) in [6.07, 6.45) is 0. The average Bonchev–Trinajstić information content (AvgIpc) is 2.35. The number of rotatable bonds is 3. The summed E-state index contributed by atoms with van der Waals surface area (Å²) in [4.78, 5) is 22.7. The molecule has 0 aliphatic carbocycles. The number of hydrogen-bond donors (Lipinski definition) is 1. The lowest BCUT2D eigenvalue weighted by Crippen LogP contribution is -2.11. The van der Waals surface area contributed by atoms with Gasteiger partial charge in [-0.3, -0.25) is 0 Å². The van der Waals surface area contributed by atoms with Crippen molar-refractivity contribution in [1.29, 1.82) is 0 Å². The maximum Gasteiger partial charge on any atom is 0.338 e. The van der Waals surface area contributed by atoms with Crippen molar-refractivity contribution < 1.29 is 19.1 Å². The van der Waals surface area contributed by atoms with Crippen LogP contribution in [0.3, 0.4) is 0 Å². The first-order chi connectivity index (χ1) is 7.63. The van der Waals surface area contributed by atoms with E-state index in [4.69, 9.17) is 5.73 Å². The molecule has 0 amide bonds. The van der Waals surface area contributed by atoms with E-state index in [2.05, 4.69) is 9.47 Å². The zero-order chi connectivity index (χ0) is 12.1. The van der Waals surface area contributed by atoms with Gasteiger partial charge in [-0.1, -0.05) is 6.07 Å². The summed E-state index contributed by atoms with van der Waals surface area (Å²) in [6.45, 7) is 0.200. The van der Waals surface area contributed by atoms with Gasteiger partial charge in [-0.05, 0) is 17.7 Å². The van der Waals surface area contributed by atoms with E-state index in [1.54, 1.807) is 12.1 Å². The Morgan fingerprint density at radius 2 is 1.81 bits per heavy atom. The zero-order valence-corrected chi connectivity index (χ0v) is 9.15. The van der Waals surface area contributed by atoms with Crippen LogP contribution >= 0.6 is 0 Å². The molecule has 0 radical (unpaired) electrons. The molecule has 0 aromatic heterocycles. The molecule has 0 fully saturated rings. The maximum atomic E-state index is 11.4. The first-order valence-corrected chi connectivity index (χ1v) is 4.63. The molecule has 0 atom stereocenters. The molecule has 0 bridgehead atoms. The second-order valence-electron chi connectivity index (χ2n) is 3.06. The van der Waals surface area contributed by atoms with Gasteiger partial charge in [0.05, 0.1) is 25.3 Å². The maximum absolute atomic E-state index is 11.4. The van der Waals surface area contributed by atoms with Crippen LogP contribution < -0.4 is 5.73 Å². The van der Waals surface area contributed by atoms with Crippen LogP contribution in [-0.2, 0) is 16.0 Å². The number of nitrogens with two attached hydrogens (primary N) is 1. The first kappa shape index (κ1) is 12.2. The van der Waals surface area contributed by atoms with Gasteiger partial charge in [-0.2, -0.15) is 0 Å². The average molecular weight is 223 g/mol. The van der Waals surface area contributed by atoms with E-state index in [0.717, 1.165) is 0 Å². The quantitative estimate of drug-likeness (QED) is 0.764. The Morgan fingerprint density at radius 3 is 2.31 bits per heavy atom. The van der Waals surface area contributed by atoms with Crippen LogP contribution in [0.1, 0.15) is 26.3 Å². The van der Waals surface area contributed by atoms with E-state index in [0.29, 0.717) is 11.1 Å². The normalized spacial score (nSPS) is 9.69. The molecule has 1 aromatic carbocycles. The minimum Gasteiger partial charge on any atom is -0.465 e. The third-order valence-corrected chi connectivity index (χ3v) is 2.16. The number of methoxy groups -OCH3 is 2. The van der Waals surface area contributed by atoms with E-state index in [9.17, 15) is 9.59 Å². The Bertz CT molecular complexity index is 414. The van der Waals surface area contributed by atoms with Crippen molar-refractivity contribution in [2.75, 3.05) is 14.2 Å². The van der Waals surface area contributed by atoms with Crippen molar-refractivity contribution >= 4 is 11.9 Å². The first-order valence-electron chi connectivity index (χ1n) is 4.63. The molecule has 16 heavy (non-hydrogen) atoms. The molecule has 1 rings (SSSR count). The van der Waals surface area contributed by atoms with Crippen molar-refractivity contribution in [3.63, 3.8) is 0 Å². The molecule has 0 saturated carbocycles. The Balaban J connectivity index is 3.21. The minimum atomic E-state index is -0.522. The fraction of sp³-hybridized carbons (Fsp3) is 0.273. The van der Waals surface area contributed by atoms with Gasteiger partial charge in [-0.15, -0.1) is 0 Å². The Labute approximate surface area is 93.1 Å². The van der Waals surface area contributed by atoms with E-state index in [1.165, 1.54) is 20.3 Å². The number of hydrogen-bond acceptors (Lipinski definition) is 5. The predicted octanol–water partition coefficient (Wildman–Crippen LogP) is 0.719. The van der Waals surface area contributed by atoms with Crippen LogP contribution in [0, 0.1) is 0 Å². The van der Waals surface area contributed by atoms with Gasteiger partial charge in [0.2, 0.25) is 0 Å². The van der Waals surface area contributed by atoms with Gasteiger partial charge >= 0.3 is 11.9 Å². The molecule has 0 aliphatic heterocycles. The zero-order valence-electron chi connectivity index (χ0n) is 9.15. The third-order valence-electron chi connectivity index (χ3n) is 2.16. The van der Waals surface area contributed by atoms with Crippen molar-refractivity contribution in [3.8, 4) is 0 Å². The number of carbonyl (C=O) groups excluding carboxylic acids is 2. The highest BCUT2D eigenvalue weighted by atomic mass is 16.5. The van der Waals surface area contributed by atoms with Crippen LogP contribution in [0.15, 0.2) is 18.2 Å². The summed E-state index contributed by atoms with van der Waals surface area (Å²) < 4.78 is 9.16. The highest BCUT2D eigenvalue weighted by molar-refractivity contribution is 5.96. The van der Waals surface area contributed by atoms with Crippen LogP contribution in [0.4, 0.5) is 0 Å². The van der Waals surface area contributed by atoms with Crippen molar-refractivity contribution in [2.24, 2.45) is 5.73 Å². The van der Waals surface area contributed by atoms with Gasteiger partial charge in [0, 0.05) is 6.54 Å². The Hall–Kier alpha value is -1.88. The molecule has 5 heteroatoms. The van der Waals surface area contributed by atoms with Crippen LogP contribution in [-0.4, -0.2) is 26.2 Å². The summed E-state index contributed by atoms with van der Waals surface area (Å²) in [6, 6.07) is 4.58. The van der Waals surface area contributed by atoms with Gasteiger partial charge in [0.1, 0.15) is 0 Å². The van der Waals surface area contributed by atoms with Crippen LogP contribution in [0.2, 0.25) is 0 Å². The molecule has 86 valence electrons. The lowest BCUT2D eigenvalue weighted by Gasteiger charge is -2.07. The molecular formula is C11H13NO4. The van der Waals surface area contributed by atoms with Gasteiger partial charge in [0.15, 0.2) is 0 Å². The van der Waals surface area contributed by atoms with Crippen molar-refractivity contribution in [3.05, 3.63) is 34.9 Å². The Morgan fingerprint density at radius 1 is 1.19 bits per heavy atom. The summed E-state index contributed by atoms with van der Waals surface area (Å²) in [7, 11) is 2.55. The monoisotopic (exact) mass is 223 g/mol. The van der Waals surface area contributed by atoms with E-state index < -0.39 is 11.9 Å². The molecule has 0 heterocycles. The fourth-order valence-electron chi connectivity index (χ4n) is 1.30. The topological polar surface area (TPSA) is 78.6 Å². The highest BCUT2D eigenvalue weighted by Gasteiger charge is 2.14. The van der Waals surface area contributed by atoms with Gasteiger partial charge < -0.3 is 15.2 Å². The molecule has 2 N–H and O–H groups in total. The minimum absolute atomic E-state index is 0.200. The lowest BCUT2D eigenvalue weighted by atomic mass is 10.0. The second-order valence-corrected chi connectivity index (χ2v) is 3.06. The van der Waals surface area contributed by atoms with Gasteiger partial charge in [-0.25, -0.2) is 9.59 Å². The molecule has 1 aromatic rings. The molecule has 0 unspecified atom stereocenters. The molecular weight excluding hydrogens is 210 g/mol. The smallest absolute Gasteiger partial charge is 0.338 e. The predicted molar refractivity (Wildman–Crippen MR) is 57.0 cm³/mol. The largest absolute Gasteiger partial charge is 0.465 e. The molecule has 5 nitrogen and oxygen atoms in total. The number of carbonyl (C=O) groups is 2. The molecule has 0 spiro atoms. The van der Waals surface area contributed by atoms with Crippen LogP contribution in [0.5, 0.6) is 0 Å². The number of esters is 2. The summed E-state index contributed by atoms with van der Waals surface area (Å²) in [5.41, 5.74) is 6.68. The van der Waals surface area contributed by atoms with Crippen molar-refractivity contribution in [2.45, 2.75) is 6.54 Å².